The zero-order valence-electron chi connectivity index (χ0n) is 16.0. The number of aliphatic hydroxyl groups excluding tert-OH is 1. The van der Waals surface area contributed by atoms with Crippen LogP contribution in [-0.4, -0.2) is 67.8 Å². The molecule has 0 spiro atoms. The number of anilines is 1. The molecule has 2 radical (unpaired) electrons. The smallest absolute Gasteiger partial charge is 0.385 e. The average Bonchev–Trinajstić information content (AvgIpc) is 3.19. The van der Waals surface area contributed by atoms with E-state index >= 15 is 0 Å². The summed E-state index contributed by atoms with van der Waals surface area (Å²) in [5.74, 6) is 1.12. The maximum Gasteiger partial charge on any atom is 0.488 e. The lowest BCUT2D eigenvalue weighted by Crippen LogP contribution is -2.40. The first kappa shape index (κ1) is 21.2. The fourth-order valence-corrected chi connectivity index (χ4v) is 5.56. The molecular weight excluding hydrogens is 416 g/mol. The van der Waals surface area contributed by atoms with Gasteiger partial charge in [0, 0.05) is 5.75 Å². The molecule has 0 saturated carbocycles. The number of thioether (sulfide) groups is 1. The van der Waals surface area contributed by atoms with Crippen molar-refractivity contribution in [3.8, 4) is 0 Å². The molecule has 13 heteroatoms. The van der Waals surface area contributed by atoms with E-state index in [1.54, 1.807) is 16.3 Å². The van der Waals surface area contributed by atoms with Crippen LogP contribution in [0.15, 0.2) is 11.5 Å². The molecule has 2 saturated heterocycles. The van der Waals surface area contributed by atoms with E-state index in [1.165, 1.54) is 19.2 Å². The normalized spacial score (nSPS) is 32.0. The lowest BCUT2D eigenvalue weighted by molar-refractivity contribution is -0.0628. The number of hydrogen-bond acceptors (Lipinski definition) is 10. The first-order valence-electron chi connectivity index (χ1n) is 9.59. The molecule has 5 atom stereocenters. The summed E-state index contributed by atoms with van der Waals surface area (Å²) in [4.78, 5) is 22.8. The van der Waals surface area contributed by atoms with Crippen LogP contribution < -0.4 is 5.73 Å². The Balaban J connectivity index is 1.63. The van der Waals surface area contributed by atoms with Crippen LogP contribution in [0.4, 0.5) is 5.82 Å². The number of hydrogen-bond donors (Lipinski definition) is 3. The van der Waals surface area contributed by atoms with Crippen LogP contribution in [0.3, 0.4) is 0 Å². The summed E-state index contributed by atoms with van der Waals surface area (Å²) in [5, 5.41) is 11.5. The number of imidazole rings is 1. The number of aromatic nitrogens is 4. The summed E-state index contributed by atoms with van der Waals surface area (Å²) in [6.45, 7) is 2.20. The fourth-order valence-electron chi connectivity index (χ4n) is 3.51. The van der Waals surface area contributed by atoms with E-state index in [9.17, 15) is 10.00 Å². The van der Waals surface area contributed by atoms with Gasteiger partial charge >= 0.3 is 15.4 Å². The number of fused-ring (bicyclic) bond motifs is 2. The quantitative estimate of drug-likeness (QED) is 0.252. The Morgan fingerprint density at radius 1 is 1.38 bits per heavy atom. The van der Waals surface area contributed by atoms with Crippen molar-refractivity contribution in [2.24, 2.45) is 0 Å². The van der Waals surface area contributed by atoms with Crippen molar-refractivity contribution in [3.63, 3.8) is 0 Å². The molecule has 0 amide bonds. The minimum absolute atomic E-state index is 0.0300. The number of nitrogens with two attached hydrogens (primary N) is 1. The zero-order valence-corrected chi connectivity index (χ0v) is 17.8. The molecule has 156 valence electrons. The van der Waals surface area contributed by atoms with Crippen molar-refractivity contribution in [1.29, 1.82) is 0 Å². The summed E-state index contributed by atoms with van der Waals surface area (Å²) in [7, 11) is 2.14. The van der Waals surface area contributed by atoms with Crippen LogP contribution in [0.1, 0.15) is 38.8 Å². The Labute approximate surface area is 174 Å². The molecule has 0 aromatic carbocycles. The van der Waals surface area contributed by atoms with Crippen molar-refractivity contribution >= 4 is 44.1 Å². The summed E-state index contributed by atoms with van der Waals surface area (Å²) in [6, 6.07) is 0. The van der Waals surface area contributed by atoms with E-state index in [-0.39, 0.29) is 12.4 Å². The van der Waals surface area contributed by atoms with Gasteiger partial charge in [-0.3, -0.25) is 4.57 Å². The maximum absolute atomic E-state index is 10.9. The Hall–Kier alpha value is -1.01. The predicted octanol–water partition coefficient (Wildman–Crippen LogP) is 1.59. The Morgan fingerprint density at radius 3 is 3.00 bits per heavy atom. The minimum Gasteiger partial charge on any atom is -0.385 e. The van der Waals surface area contributed by atoms with Crippen LogP contribution >= 0.6 is 19.6 Å². The van der Waals surface area contributed by atoms with Gasteiger partial charge in [-0.2, -0.15) is 9.05 Å². The topological polar surface area (TPSA) is 138 Å². The van der Waals surface area contributed by atoms with Crippen molar-refractivity contribution in [1.82, 2.24) is 19.5 Å². The van der Waals surface area contributed by atoms with E-state index in [2.05, 4.69) is 21.9 Å². The molecule has 2 aliphatic rings. The van der Waals surface area contributed by atoms with E-state index < -0.39 is 32.4 Å². The van der Waals surface area contributed by atoms with Gasteiger partial charge in [-0.15, -0.1) is 0 Å². The Morgan fingerprint density at radius 2 is 2.21 bits per heavy atom. The van der Waals surface area contributed by atoms with Gasteiger partial charge in [-0.1, -0.05) is 37.9 Å². The maximum atomic E-state index is 10.9. The van der Waals surface area contributed by atoms with Crippen LogP contribution in [0.25, 0.3) is 11.2 Å². The number of nitrogens with zero attached hydrogens (tertiary/aromatic N) is 4. The average molecular weight is 440 g/mol. The summed E-state index contributed by atoms with van der Waals surface area (Å²) in [5.41, 5.74) is 6.91. The van der Waals surface area contributed by atoms with Crippen molar-refractivity contribution in [2.45, 2.75) is 62.3 Å². The van der Waals surface area contributed by atoms with Gasteiger partial charge in [-0.25, -0.2) is 19.8 Å². The first-order valence-corrected chi connectivity index (χ1v) is 12.2. The molecule has 2 aliphatic heterocycles. The summed E-state index contributed by atoms with van der Waals surface area (Å²) < 4.78 is 18.3. The number of unbranched alkanes of at least 4 members (excludes halogenated alkanes) is 3. The van der Waals surface area contributed by atoms with Crippen LogP contribution in [0.5, 0.6) is 0 Å². The first-order chi connectivity index (χ1) is 13.9. The highest BCUT2D eigenvalue weighted by molar-refractivity contribution is 7.99. The van der Waals surface area contributed by atoms with E-state index in [0.29, 0.717) is 16.3 Å². The minimum atomic E-state index is -3.46. The van der Waals surface area contributed by atoms with Gasteiger partial charge < -0.3 is 15.6 Å². The molecule has 4 N–H and O–H groups in total. The summed E-state index contributed by atoms with van der Waals surface area (Å²) >= 11 is 1.55. The second-order valence-corrected chi connectivity index (χ2v) is 9.75. The molecule has 2 fully saturated rings. The second kappa shape index (κ2) is 8.62. The van der Waals surface area contributed by atoms with Crippen LogP contribution in [-0.2, 0) is 13.8 Å². The van der Waals surface area contributed by atoms with E-state index in [0.717, 1.165) is 18.6 Å². The molecular formula is C16H24BN5O5PS+. The lowest BCUT2D eigenvalue weighted by atomic mass is 10.1. The van der Waals surface area contributed by atoms with Crippen molar-refractivity contribution in [2.75, 3.05) is 18.1 Å². The SMILES string of the molecule is [B][P+]1(O)OC[C@H]2O[C@@H](n3c(SCCCCCC)nc4c(N)ncnc43)C(O)[C@@H]2O1. The number of rotatable bonds is 7. The van der Waals surface area contributed by atoms with Gasteiger partial charge in [-0.05, 0) is 6.42 Å². The highest BCUT2D eigenvalue weighted by Gasteiger charge is 2.57. The monoisotopic (exact) mass is 440 g/mol. The largest absolute Gasteiger partial charge is 0.488 e. The van der Waals surface area contributed by atoms with Gasteiger partial charge in [0.25, 0.3) is 0 Å². The predicted molar refractivity (Wildman–Crippen MR) is 110 cm³/mol. The van der Waals surface area contributed by atoms with Gasteiger partial charge in [0.1, 0.15) is 25.1 Å². The van der Waals surface area contributed by atoms with Gasteiger partial charge in [0.15, 0.2) is 34.5 Å². The number of nitrogen functional groups attached to an aromatic ring is 1. The Kier molecular flexibility index (Phi) is 6.31. The number of ether oxygens (including phenoxy) is 1. The highest BCUT2D eigenvalue weighted by Crippen LogP contribution is 2.58. The number of aliphatic hydroxyl groups is 1. The van der Waals surface area contributed by atoms with Crippen molar-refractivity contribution in [3.05, 3.63) is 6.33 Å². The fraction of sp³-hybridized carbons (Fsp3) is 0.688. The second-order valence-electron chi connectivity index (χ2n) is 7.09. The molecule has 0 bridgehead atoms. The Bertz CT molecular complexity index is 874. The molecule has 0 aliphatic carbocycles. The molecule has 4 rings (SSSR count). The molecule has 4 heterocycles. The standard InChI is InChI=1S/C16H24BN5O5PS/c1-2-3-4-5-6-29-16-21-10-13(18)19-8-20-14(10)22(16)15-11(23)12-9(26-15)7-25-28(17,24)27-12/h8-9,11-12,15,23-24H,2-7H2,1H3,(H2,18,19,20)/q+1/t9-,11?,12-,15-,28?/m1/s1. The van der Waals surface area contributed by atoms with Gasteiger partial charge in [0.2, 0.25) is 0 Å². The zero-order chi connectivity index (χ0) is 20.6. The summed E-state index contributed by atoms with van der Waals surface area (Å²) in [6.07, 6.45) is 2.59. The highest BCUT2D eigenvalue weighted by atomic mass is 32.2. The van der Waals surface area contributed by atoms with E-state index in [4.69, 9.17) is 27.1 Å². The third-order valence-electron chi connectivity index (χ3n) is 4.96. The molecule has 2 unspecified atom stereocenters. The lowest BCUT2D eigenvalue weighted by Gasteiger charge is -2.27. The van der Waals surface area contributed by atoms with Crippen molar-refractivity contribution < 1.29 is 23.8 Å². The van der Waals surface area contributed by atoms with Crippen LogP contribution in [0, 0.1) is 0 Å². The van der Waals surface area contributed by atoms with Crippen LogP contribution in [0.2, 0.25) is 0 Å². The molecule has 2 aromatic heterocycles. The third-order valence-corrected chi connectivity index (χ3v) is 7.07. The third kappa shape index (κ3) is 4.25. The molecule has 29 heavy (non-hydrogen) atoms. The van der Waals surface area contributed by atoms with E-state index in [1.807, 2.05) is 0 Å². The molecule has 10 nitrogen and oxygen atoms in total. The van der Waals surface area contributed by atoms with Gasteiger partial charge in [0.05, 0.1) is 0 Å². The molecule has 2 aromatic rings.